The number of nitrogens with zero attached hydrogens (tertiary/aromatic N) is 2. The van der Waals surface area contributed by atoms with E-state index >= 15 is 0 Å². The Bertz CT molecular complexity index is 791. The Labute approximate surface area is 148 Å². The highest BCUT2D eigenvalue weighted by Gasteiger charge is 2.49. The number of benzene rings is 2. The molecule has 2 aromatic rings. The molecule has 1 aliphatic rings. The third-order valence-corrected chi connectivity index (χ3v) is 4.71. The Morgan fingerprint density at radius 3 is 2.36 bits per heavy atom. The van der Waals surface area contributed by atoms with Crippen molar-refractivity contribution in [3.05, 3.63) is 71.3 Å². The number of hydrogen-bond donors (Lipinski definition) is 1. The van der Waals surface area contributed by atoms with Gasteiger partial charge in [0.25, 0.3) is 5.91 Å². The van der Waals surface area contributed by atoms with Gasteiger partial charge in [0.1, 0.15) is 5.54 Å². The summed E-state index contributed by atoms with van der Waals surface area (Å²) in [6.45, 7) is 4.74. The summed E-state index contributed by atoms with van der Waals surface area (Å²) >= 11 is 0. The molecule has 130 valence electrons. The number of nitrogens with one attached hydrogen (secondary N) is 1. The number of carbonyl (C=O) groups excluding carboxylic acids is 2. The maximum atomic E-state index is 12.9. The molecule has 2 aromatic carbocycles. The maximum absolute atomic E-state index is 12.9. The Morgan fingerprint density at radius 1 is 1.04 bits per heavy atom. The second-order valence-corrected chi connectivity index (χ2v) is 6.74. The van der Waals surface area contributed by atoms with Crippen molar-refractivity contribution in [3.8, 4) is 0 Å². The zero-order chi connectivity index (χ0) is 18.0. The minimum Gasteiger partial charge on any atom is -0.319 e. The highest BCUT2D eigenvalue weighted by Crippen LogP contribution is 2.28. The van der Waals surface area contributed by atoms with Crippen molar-refractivity contribution in [2.75, 3.05) is 13.7 Å². The molecule has 25 heavy (non-hydrogen) atoms. The lowest BCUT2D eigenvalue weighted by Gasteiger charge is -2.25. The summed E-state index contributed by atoms with van der Waals surface area (Å²) in [5.41, 5.74) is 2.16. The van der Waals surface area contributed by atoms with E-state index in [-0.39, 0.29) is 18.6 Å². The summed E-state index contributed by atoms with van der Waals surface area (Å²) in [6.07, 6.45) is 0. The third-order valence-electron chi connectivity index (χ3n) is 4.71. The highest BCUT2D eigenvalue weighted by atomic mass is 16.2. The van der Waals surface area contributed by atoms with Crippen LogP contribution in [0.4, 0.5) is 4.79 Å². The lowest BCUT2D eigenvalue weighted by atomic mass is 9.92. The maximum Gasteiger partial charge on any atom is 0.326 e. The van der Waals surface area contributed by atoms with Gasteiger partial charge in [-0.15, -0.1) is 0 Å². The fourth-order valence-electron chi connectivity index (χ4n) is 3.16. The van der Waals surface area contributed by atoms with Gasteiger partial charge in [-0.1, -0.05) is 54.6 Å². The number of imide groups is 1. The minimum atomic E-state index is -1.01. The first-order valence-electron chi connectivity index (χ1n) is 8.34. The van der Waals surface area contributed by atoms with Crippen molar-refractivity contribution >= 4 is 11.9 Å². The smallest absolute Gasteiger partial charge is 0.319 e. The van der Waals surface area contributed by atoms with Crippen molar-refractivity contribution in [3.63, 3.8) is 0 Å². The van der Waals surface area contributed by atoms with Gasteiger partial charge >= 0.3 is 6.03 Å². The summed E-state index contributed by atoms with van der Waals surface area (Å²) in [7, 11) is 1.91. The van der Waals surface area contributed by atoms with Crippen LogP contribution in [-0.2, 0) is 16.9 Å². The van der Waals surface area contributed by atoms with E-state index in [9.17, 15) is 9.59 Å². The van der Waals surface area contributed by atoms with Crippen molar-refractivity contribution in [2.45, 2.75) is 25.9 Å². The van der Waals surface area contributed by atoms with Gasteiger partial charge in [-0.05, 0) is 37.6 Å². The van der Waals surface area contributed by atoms with E-state index in [2.05, 4.69) is 24.4 Å². The topological polar surface area (TPSA) is 52.6 Å². The molecule has 1 aliphatic heterocycles. The van der Waals surface area contributed by atoms with Crippen molar-refractivity contribution < 1.29 is 9.59 Å². The summed E-state index contributed by atoms with van der Waals surface area (Å²) in [6, 6.07) is 17.1. The van der Waals surface area contributed by atoms with E-state index in [1.165, 1.54) is 16.0 Å². The van der Waals surface area contributed by atoms with Gasteiger partial charge in [0.15, 0.2) is 0 Å². The molecule has 0 saturated carbocycles. The lowest BCUT2D eigenvalue weighted by Crippen LogP contribution is -2.42. The second-order valence-electron chi connectivity index (χ2n) is 6.74. The summed E-state index contributed by atoms with van der Waals surface area (Å²) < 4.78 is 0. The van der Waals surface area contributed by atoms with Crippen molar-refractivity contribution in [1.29, 1.82) is 0 Å². The van der Waals surface area contributed by atoms with Crippen LogP contribution in [0.1, 0.15) is 23.6 Å². The fourth-order valence-corrected chi connectivity index (χ4v) is 3.16. The first-order valence-corrected chi connectivity index (χ1v) is 8.34. The molecule has 0 unspecified atom stereocenters. The fraction of sp³-hybridized carbons (Fsp3) is 0.300. The van der Waals surface area contributed by atoms with Crippen LogP contribution in [0.2, 0.25) is 0 Å². The molecule has 3 rings (SSSR count). The van der Waals surface area contributed by atoms with E-state index in [1.54, 1.807) is 6.92 Å². The molecule has 0 radical (unpaired) electrons. The first-order chi connectivity index (χ1) is 11.9. The normalized spacial score (nSPS) is 20.2. The van der Waals surface area contributed by atoms with E-state index in [0.29, 0.717) is 6.54 Å². The highest BCUT2D eigenvalue weighted by molar-refractivity contribution is 6.07. The third kappa shape index (κ3) is 3.28. The molecule has 5 nitrogen and oxygen atoms in total. The van der Waals surface area contributed by atoms with Crippen LogP contribution in [0.5, 0.6) is 0 Å². The molecule has 1 fully saturated rings. The number of rotatable bonds is 5. The average molecular weight is 337 g/mol. The molecule has 0 spiro atoms. The number of urea groups is 1. The Kier molecular flexibility index (Phi) is 4.59. The van der Waals surface area contributed by atoms with Crippen LogP contribution < -0.4 is 5.32 Å². The minimum absolute atomic E-state index is 0.222. The van der Waals surface area contributed by atoms with E-state index in [1.807, 2.05) is 54.4 Å². The zero-order valence-electron chi connectivity index (χ0n) is 14.8. The summed E-state index contributed by atoms with van der Waals surface area (Å²) in [5.74, 6) is -0.222. The monoisotopic (exact) mass is 337 g/mol. The molecule has 1 heterocycles. The largest absolute Gasteiger partial charge is 0.326 e. The van der Waals surface area contributed by atoms with Crippen LogP contribution in [-0.4, -0.2) is 35.5 Å². The van der Waals surface area contributed by atoms with Gasteiger partial charge in [-0.25, -0.2) is 9.69 Å². The van der Waals surface area contributed by atoms with Gasteiger partial charge < -0.3 is 5.32 Å². The number of carbonyl (C=O) groups is 2. The van der Waals surface area contributed by atoms with E-state index < -0.39 is 5.54 Å². The van der Waals surface area contributed by atoms with Crippen LogP contribution in [0, 0.1) is 6.92 Å². The SMILES string of the molecule is Cc1ccccc1CN(C)CN1C(=O)N[C@@](C)(c2ccccc2)C1=O. The number of hydrogen-bond acceptors (Lipinski definition) is 3. The number of amides is 3. The summed E-state index contributed by atoms with van der Waals surface area (Å²) in [4.78, 5) is 28.6. The van der Waals surface area contributed by atoms with Gasteiger partial charge in [0.05, 0.1) is 6.67 Å². The molecule has 0 bridgehead atoms. The second kappa shape index (κ2) is 6.69. The van der Waals surface area contributed by atoms with Crippen LogP contribution in [0.15, 0.2) is 54.6 Å². The molecule has 1 atom stereocenters. The van der Waals surface area contributed by atoms with Crippen LogP contribution in [0.3, 0.4) is 0 Å². The summed E-state index contributed by atoms with van der Waals surface area (Å²) in [5, 5.41) is 2.84. The Morgan fingerprint density at radius 2 is 1.68 bits per heavy atom. The number of aryl methyl sites for hydroxylation is 1. The molecule has 1 saturated heterocycles. The van der Waals surface area contributed by atoms with Crippen LogP contribution >= 0.6 is 0 Å². The lowest BCUT2D eigenvalue weighted by molar-refractivity contribution is -0.132. The molecule has 5 heteroatoms. The Hall–Kier alpha value is -2.66. The molecular formula is C20H23N3O2. The Balaban J connectivity index is 1.74. The van der Waals surface area contributed by atoms with Gasteiger partial charge in [0, 0.05) is 6.54 Å². The van der Waals surface area contributed by atoms with E-state index in [4.69, 9.17) is 0 Å². The molecule has 1 N–H and O–H groups in total. The standard InChI is InChI=1S/C20H23N3O2/c1-15-9-7-8-10-16(15)13-22(3)14-23-18(24)20(2,21-19(23)25)17-11-5-4-6-12-17/h4-12H,13-14H2,1-3H3,(H,21,25)/t20-/m0/s1. The van der Waals surface area contributed by atoms with Crippen molar-refractivity contribution in [1.82, 2.24) is 15.1 Å². The predicted octanol–water partition coefficient (Wildman–Crippen LogP) is 2.85. The first kappa shape index (κ1) is 17.2. The van der Waals surface area contributed by atoms with Crippen molar-refractivity contribution in [2.24, 2.45) is 0 Å². The molecule has 3 amide bonds. The molecule has 0 aliphatic carbocycles. The zero-order valence-corrected chi connectivity index (χ0v) is 14.8. The van der Waals surface area contributed by atoms with Crippen LogP contribution in [0.25, 0.3) is 0 Å². The molecular weight excluding hydrogens is 314 g/mol. The average Bonchev–Trinajstić information content (AvgIpc) is 2.82. The van der Waals surface area contributed by atoms with Gasteiger partial charge in [-0.2, -0.15) is 0 Å². The quantitative estimate of drug-likeness (QED) is 0.854. The predicted molar refractivity (Wildman–Crippen MR) is 96.7 cm³/mol. The molecule has 0 aromatic heterocycles. The van der Waals surface area contributed by atoms with Gasteiger partial charge in [-0.3, -0.25) is 9.69 Å². The van der Waals surface area contributed by atoms with Gasteiger partial charge in [0.2, 0.25) is 0 Å². The van der Waals surface area contributed by atoms with E-state index in [0.717, 1.165) is 5.56 Å².